The quantitative estimate of drug-likeness (QED) is 0.258. The number of benzene rings is 4. The summed E-state index contributed by atoms with van der Waals surface area (Å²) in [6, 6.07) is 25.5. The molecule has 2 heterocycles. The number of halogens is 1. The summed E-state index contributed by atoms with van der Waals surface area (Å²) in [6.07, 6.45) is 0.00556. The molecule has 0 spiro atoms. The number of fused-ring (bicyclic) bond motifs is 6. The number of carbonyl (C=O) groups is 2. The fraction of sp³-hybridized carbons (Fsp3) is 0.121. The molecule has 1 aliphatic carbocycles. The molecule has 0 saturated carbocycles. The maximum Gasteiger partial charge on any atom is 0.227 e. The highest BCUT2D eigenvalue weighted by Gasteiger charge is 2.31. The monoisotopic (exact) mass is 573 g/mol. The van der Waals surface area contributed by atoms with Gasteiger partial charge >= 0.3 is 0 Å². The van der Waals surface area contributed by atoms with E-state index in [9.17, 15) is 9.59 Å². The summed E-state index contributed by atoms with van der Waals surface area (Å²) in [5, 5.41) is 12.4. The van der Waals surface area contributed by atoms with E-state index in [1.807, 2.05) is 90.4 Å². The molecule has 1 N–H and O–H groups in total. The van der Waals surface area contributed by atoms with Gasteiger partial charge in [0.1, 0.15) is 17.6 Å². The average Bonchev–Trinajstić information content (AvgIpc) is 3.48. The molecule has 1 aromatic heterocycles. The van der Waals surface area contributed by atoms with Crippen LogP contribution in [0, 0.1) is 6.92 Å². The number of amides is 1. The number of ether oxygens (including phenoxy) is 1. The van der Waals surface area contributed by atoms with Gasteiger partial charge in [-0.2, -0.15) is 0 Å². The molecule has 7 rings (SSSR count). The number of ketones is 1. The number of nitrogens with one attached hydrogen (secondary N) is 1. The van der Waals surface area contributed by atoms with Gasteiger partial charge in [-0.3, -0.25) is 19.1 Å². The molecule has 9 heteroatoms. The fourth-order valence-electron chi connectivity index (χ4n) is 5.67. The zero-order chi connectivity index (χ0) is 29.0. The molecule has 0 saturated heterocycles. The molecular weight excluding hydrogens is 550 g/mol. The molecule has 1 aliphatic heterocycles. The second-order valence-corrected chi connectivity index (χ2v) is 10.6. The molecule has 0 bridgehead atoms. The van der Waals surface area contributed by atoms with Crippen LogP contribution >= 0.6 is 11.6 Å². The van der Waals surface area contributed by atoms with Crippen LogP contribution in [-0.4, -0.2) is 39.3 Å². The number of aryl methyl sites for hydroxylation is 1. The van der Waals surface area contributed by atoms with E-state index in [1.54, 1.807) is 13.2 Å². The lowest BCUT2D eigenvalue weighted by molar-refractivity contribution is -0.116. The molecule has 0 fully saturated rings. The molecule has 1 atom stereocenters. The Balaban J connectivity index is 1.26. The second kappa shape index (κ2) is 10.1. The number of methoxy groups -OCH3 is 1. The largest absolute Gasteiger partial charge is 0.497 e. The first-order valence-electron chi connectivity index (χ1n) is 13.4. The van der Waals surface area contributed by atoms with Gasteiger partial charge in [0.15, 0.2) is 11.6 Å². The Morgan fingerprint density at radius 2 is 1.67 bits per heavy atom. The number of aliphatic imine (C=N–C) groups is 1. The highest BCUT2D eigenvalue weighted by molar-refractivity contribution is 6.30. The van der Waals surface area contributed by atoms with E-state index in [4.69, 9.17) is 21.3 Å². The topological polar surface area (TPSA) is 98.5 Å². The summed E-state index contributed by atoms with van der Waals surface area (Å²) in [6.45, 7) is 1.87. The molecule has 0 radical (unpaired) electrons. The SMILES string of the molecule is COc1ccc2c(c1)C(c1ccc(Cl)cc1)=N[C@@H](CC(=O)Nc1ccc3c(c1)C(=O)c1ccccc1-3)c1nnc(C)n1-2. The van der Waals surface area contributed by atoms with Gasteiger partial charge in [-0.15, -0.1) is 10.2 Å². The summed E-state index contributed by atoms with van der Waals surface area (Å²) in [5.41, 5.74) is 6.74. The van der Waals surface area contributed by atoms with Crippen molar-refractivity contribution in [3.63, 3.8) is 0 Å². The third kappa shape index (κ3) is 4.28. The van der Waals surface area contributed by atoms with Crippen molar-refractivity contribution in [2.24, 2.45) is 4.99 Å². The first-order valence-corrected chi connectivity index (χ1v) is 13.8. The van der Waals surface area contributed by atoms with E-state index in [0.717, 1.165) is 27.9 Å². The van der Waals surface area contributed by atoms with Gasteiger partial charge in [0, 0.05) is 33.0 Å². The molecule has 2 aliphatic rings. The van der Waals surface area contributed by atoms with E-state index in [2.05, 4.69) is 15.5 Å². The second-order valence-electron chi connectivity index (χ2n) is 10.2. The van der Waals surface area contributed by atoms with Crippen molar-refractivity contribution in [3.05, 3.63) is 124 Å². The number of hydrogen-bond acceptors (Lipinski definition) is 6. The van der Waals surface area contributed by atoms with Crippen LogP contribution in [0.15, 0.2) is 89.9 Å². The van der Waals surface area contributed by atoms with Gasteiger partial charge in [0.2, 0.25) is 5.91 Å². The smallest absolute Gasteiger partial charge is 0.227 e. The Kier molecular flexibility index (Phi) is 6.21. The van der Waals surface area contributed by atoms with E-state index < -0.39 is 6.04 Å². The average molecular weight is 574 g/mol. The molecule has 0 unspecified atom stereocenters. The Labute approximate surface area is 246 Å². The highest BCUT2D eigenvalue weighted by atomic mass is 35.5. The van der Waals surface area contributed by atoms with E-state index >= 15 is 0 Å². The van der Waals surface area contributed by atoms with Crippen LogP contribution in [0.1, 0.15) is 51.2 Å². The summed E-state index contributed by atoms with van der Waals surface area (Å²) >= 11 is 6.20. The van der Waals surface area contributed by atoms with Crippen molar-refractivity contribution in [2.45, 2.75) is 19.4 Å². The Hall–Kier alpha value is -5.08. The summed E-state index contributed by atoms with van der Waals surface area (Å²) in [5.74, 6) is 1.59. The van der Waals surface area contributed by atoms with Gasteiger partial charge in [0.05, 0.1) is 24.9 Å². The van der Waals surface area contributed by atoms with Gasteiger partial charge in [-0.1, -0.05) is 54.1 Å². The molecule has 206 valence electrons. The highest BCUT2D eigenvalue weighted by Crippen LogP contribution is 2.38. The van der Waals surface area contributed by atoms with Crippen molar-refractivity contribution >= 4 is 34.7 Å². The fourth-order valence-corrected chi connectivity index (χ4v) is 5.80. The first kappa shape index (κ1) is 25.9. The number of rotatable bonds is 5. The third-order valence-corrected chi connectivity index (χ3v) is 7.89. The molecule has 4 aromatic carbocycles. The van der Waals surface area contributed by atoms with Crippen LogP contribution < -0.4 is 10.1 Å². The number of hydrogen-bond donors (Lipinski definition) is 1. The molecule has 5 aromatic rings. The zero-order valence-electron chi connectivity index (χ0n) is 22.8. The maximum atomic E-state index is 13.5. The molecule has 8 nitrogen and oxygen atoms in total. The van der Waals surface area contributed by atoms with Crippen LogP contribution in [0.3, 0.4) is 0 Å². The van der Waals surface area contributed by atoms with Crippen LogP contribution in [-0.2, 0) is 4.79 Å². The van der Waals surface area contributed by atoms with Gasteiger partial charge in [-0.05, 0) is 60.5 Å². The van der Waals surface area contributed by atoms with Gasteiger partial charge < -0.3 is 10.1 Å². The normalized spacial score (nSPS) is 14.7. The molecular formula is C33H24ClN5O3. The van der Waals surface area contributed by atoms with Crippen LogP contribution in [0.5, 0.6) is 5.75 Å². The van der Waals surface area contributed by atoms with Crippen molar-refractivity contribution in [1.82, 2.24) is 14.8 Å². The Bertz CT molecular complexity index is 1940. The van der Waals surface area contributed by atoms with Crippen LogP contribution in [0.2, 0.25) is 5.02 Å². The van der Waals surface area contributed by atoms with Crippen LogP contribution in [0.4, 0.5) is 5.69 Å². The van der Waals surface area contributed by atoms with E-state index in [1.165, 1.54) is 0 Å². The van der Waals surface area contributed by atoms with Crippen molar-refractivity contribution in [2.75, 3.05) is 12.4 Å². The molecule has 42 heavy (non-hydrogen) atoms. The maximum absolute atomic E-state index is 13.5. The molecule has 1 amide bonds. The minimum Gasteiger partial charge on any atom is -0.497 e. The van der Waals surface area contributed by atoms with E-state index in [-0.39, 0.29) is 18.1 Å². The number of anilines is 1. The van der Waals surface area contributed by atoms with Crippen molar-refractivity contribution in [1.29, 1.82) is 0 Å². The van der Waals surface area contributed by atoms with Crippen molar-refractivity contribution < 1.29 is 14.3 Å². The van der Waals surface area contributed by atoms with Gasteiger partial charge in [0.25, 0.3) is 0 Å². The lowest BCUT2D eigenvalue weighted by atomic mass is 10.00. The Morgan fingerprint density at radius 1 is 0.905 bits per heavy atom. The van der Waals surface area contributed by atoms with Gasteiger partial charge in [-0.25, -0.2) is 0 Å². The minimum absolute atomic E-state index is 0.00556. The zero-order valence-corrected chi connectivity index (χ0v) is 23.5. The predicted octanol–water partition coefficient (Wildman–Crippen LogP) is 6.37. The Morgan fingerprint density at radius 3 is 2.45 bits per heavy atom. The lowest BCUT2D eigenvalue weighted by Crippen LogP contribution is -2.17. The first-order chi connectivity index (χ1) is 20.4. The predicted molar refractivity (Wildman–Crippen MR) is 161 cm³/mol. The van der Waals surface area contributed by atoms with Crippen LogP contribution in [0.25, 0.3) is 16.8 Å². The summed E-state index contributed by atoms with van der Waals surface area (Å²) in [7, 11) is 1.62. The third-order valence-electron chi connectivity index (χ3n) is 7.64. The minimum atomic E-state index is -0.643. The van der Waals surface area contributed by atoms with E-state index in [0.29, 0.717) is 44.9 Å². The standard InChI is InChI=1S/C33H24ClN5O3/c1-18-37-38-33-28(17-30(40)35-21-11-13-24-23-5-3-4-6-25(23)32(41)26(24)15-21)36-31(19-7-9-20(34)10-8-19)27-16-22(42-2)12-14-29(27)39(18)33/h3-16,28H,17H2,1-2H3,(H,35,40)/t28-/m0/s1. The number of aromatic nitrogens is 3. The summed E-state index contributed by atoms with van der Waals surface area (Å²) in [4.78, 5) is 31.6. The number of carbonyl (C=O) groups excluding carboxylic acids is 2. The lowest BCUT2D eigenvalue weighted by Gasteiger charge is -2.14. The number of nitrogens with zero attached hydrogens (tertiary/aromatic N) is 4. The summed E-state index contributed by atoms with van der Waals surface area (Å²) < 4.78 is 7.47. The van der Waals surface area contributed by atoms with Crippen molar-refractivity contribution in [3.8, 4) is 22.6 Å².